The van der Waals surface area contributed by atoms with Crippen molar-refractivity contribution in [2.24, 2.45) is 11.7 Å². The summed E-state index contributed by atoms with van der Waals surface area (Å²) in [5, 5.41) is 0. The second-order valence-corrected chi connectivity index (χ2v) is 6.07. The van der Waals surface area contributed by atoms with Gasteiger partial charge in [0.2, 0.25) is 0 Å². The Bertz CT molecular complexity index is 485. The molecule has 2 heterocycles. The maximum atomic E-state index is 12.7. The maximum absolute atomic E-state index is 12.7. The van der Waals surface area contributed by atoms with Gasteiger partial charge in [0.25, 0.3) is 5.91 Å². The molecule has 1 aromatic rings. The SMILES string of the molecule is CN1CCC2CCN(C(=O)c3ccc(CN)cc3)C2C1. The van der Waals surface area contributed by atoms with Crippen LogP contribution in [0.4, 0.5) is 0 Å². The molecule has 2 saturated heterocycles. The van der Waals surface area contributed by atoms with Crippen molar-refractivity contribution in [2.75, 3.05) is 26.7 Å². The minimum Gasteiger partial charge on any atom is -0.334 e. The van der Waals surface area contributed by atoms with Gasteiger partial charge in [-0.2, -0.15) is 0 Å². The van der Waals surface area contributed by atoms with Gasteiger partial charge >= 0.3 is 0 Å². The summed E-state index contributed by atoms with van der Waals surface area (Å²) in [6.45, 7) is 3.60. The summed E-state index contributed by atoms with van der Waals surface area (Å²) in [7, 11) is 2.15. The third kappa shape index (κ3) is 2.45. The number of carbonyl (C=O) groups is 1. The van der Waals surface area contributed by atoms with Crippen molar-refractivity contribution in [1.82, 2.24) is 9.80 Å². The Labute approximate surface area is 120 Å². The topological polar surface area (TPSA) is 49.6 Å². The molecule has 4 nitrogen and oxygen atoms in total. The van der Waals surface area contributed by atoms with E-state index in [1.165, 1.54) is 6.42 Å². The van der Waals surface area contributed by atoms with Crippen molar-refractivity contribution in [3.8, 4) is 0 Å². The standard InChI is InChI=1S/C16H23N3O/c1-18-8-6-13-7-9-19(15(13)11-18)16(20)14-4-2-12(10-17)3-5-14/h2-5,13,15H,6-11,17H2,1H3. The van der Waals surface area contributed by atoms with Gasteiger partial charge in [-0.05, 0) is 50.0 Å². The lowest BCUT2D eigenvalue weighted by atomic mass is 9.92. The number of hydrogen-bond acceptors (Lipinski definition) is 3. The molecule has 4 heteroatoms. The fourth-order valence-electron chi connectivity index (χ4n) is 3.50. The largest absolute Gasteiger partial charge is 0.334 e. The molecule has 108 valence electrons. The second kappa shape index (κ2) is 5.54. The van der Waals surface area contributed by atoms with Crippen LogP contribution in [0.3, 0.4) is 0 Å². The molecule has 3 rings (SSSR count). The molecule has 0 bridgehead atoms. The monoisotopic (exact) mass is 273 g/mol. The summed E-state index contributed by atoms with van der Waals surface area (Å²) < 4.78 is 0. The van der Waals surface area contributed by atoms with E-state index in [-0.39, 0.29) is 5.91 Å². The quantitative estimate of drug-likeness (QED) is 0.884. The van der Waals surface area contributed by atoms with E-state index in [1.54, 1.807) is 0 Å². The van der Waals surface area contributed by atoms with Gasteiger partial charge in [-0.3, -0.25) is 4.79 Å². The molecule has 2 aliphatic heterocycles. The fraction of sp³-hybridized carbons (Fsp3) is 0.562. The first kappa shape index (κ1) is 13.6. The summed E-state index contributed by atoms with van der Waals surface area (Å²) in [6, 6.07) is 8.12. The van der Waals surface area contributed by atoms with Crippen LogP contribution in [0.5, 0.6) is 0 Å². The summed E-state index contributed by atoms with van der Waals surface area (Å²) in [6.07, 6.45) is 2.38. The van der Waals surface area contributed by atoms with Crippen molar-refractivity contribution in [3.63, 3.8) is 0 Å². The zero-order chi connectivity index (χ0) is 14.1. The number of carbonyl (C=O) groups excluding carboxylic acids is 1. The van der Waals surface area contributed by atoms with Crippen LogP contribution in [-0.2, 0) is 6.54 Å². The van der Waals surface area contributed by atoms with E-state index in [2.05, 4.69) is 16.8 Å². The first-order valence-corrected chi connectivity index (χ1v) is 7.47. The van der Waals surface area contributed by atoms with Crippen molar-refractivity contribution in [3.05, 3.63) is 35.4 Å². The van der Waals surface area contributed by atoms with Crippen LogP contribution < -0.4 is 5.73 Å². The Morgan fingerprint density at radius 2 is 1.95 bits per heavy atom. The average Bonchev–Trinajstić information content (AvgIpc) is 2.89. The van der Waals surface area contributed by atoms with Crippen LogP contribution in [0.1, 0.15) is 28.8 Å². The zero-order valence-corrected chi connectivity index (χ0v) is 12.1. The predicted molar refractivity (Wildman–Crippen MR) is 79.4 cm³/mol. The number of nitrogens with zero attached hydrogens (tertiary/aromatic N) is 2. The molecule has 0 saturated carbocycles. The van der Waals surface area contributed by atoms with E-state index in [9.17, 15) is 4.79 Å². The highest BCUT2D eigenvalue weighted by atomic mass is 16.2. The van der Waals surface area contributed by atoms with E-state index in [0.29, 0.717) is 18.5 Å². The molecule has 1 amide bonds. The molecule has 0 radical (unpaired) electrons. The summed E-state index contributed by atoms with van der Waals surface area (Å²) in [4.78, 5) is 17.1. The molecule has 2 aliphatic rings. The number of likely N-dealkylation sites (N-methyl/N-ethyl adjacent to an activating group) is 1. The Morgan fingerprint density at radius 1 is 1.25 bits per heavy atom. The lowest BCUT2D eigenvalue weighted by Crippen LogP contribution is -2.48. The van der Waals surface area contributed by atoms with E-state index in [1.807, 2.05) is 24.3 Å². The highest BCUT2D eigenvalue weighted by Crippen LogP contribution is 2.32. The van der Waals surface area contributed by atoms with Gasteiger partial charge < -0.3 is 15.5 Å². The molecule has 2 fully saturated rings. The first-order valence-electron chi connectivity index (χ1n) is 7.47. The molecule has 2 N–H and O–H groups in total. The normalized spacial score (nSPS) is 26.6. The molecule has 0 aromatic heterocycles. The van der Waals surface area contributed by atoms with Crippen LogP contribution in [0.25, 0.3) is 0 Å². The second-order valence-electron chi connectivity index (χ2n) is 6.07. The van der Waals surface area contributed by atoms with Crippen molar-refractivity contribution >= 4 is 5.91 Å². The highest BCUT2D eigenvalue weighted by Gasteiger charge is 2.39. The number of hydrogen-bond donors (Lipinski definition) is 1. The lowest BCUT2D eigenvalue weighted by molar-refractivity contribution is 0.0631. The van der Waals surface area contributed by atoms with E-state index < -0.39 is 0 Å². The average molecular weight is 273 g/mol. The van der Waals surface area contributed by atoms with Crippen LogP contribution in [0, 0.1) is 5.92 Å². The van der Waals surface area contributed by atoms with E-state index in [0.717, 1.165) is 37.2 Å². The first-order chi connectivity index (χ1) is 9.69. The Hall–Kier alpha value is -1.39. The van der Waals surface area contributed by atoms with Gasteiger partial charge in [0, 0.05) is 31.2 Å². The summed E-state index contributed by atoms with van der Waals surface area (Å²) in [5.74, 6) is 0.870. The highest BCUT2D eigenvalue weighted by molar-refractivity contribution is 5.94. The van der Waals surface area contributed by atoms with Crippen LogP contribution in [-0.4, -0.2) is 48.4 Å². The van der Waals surface area contributed by atoms with Crippen molar-refractivity contribution in [1.29, 1.82) is 0 Å². The molecule has 1 aromatic carbocycles. The van der Waals surface area contributed by atoms with E-state index >= 15 is 0 Å². The fourth-order valence-corrected chi connectivity index (χ4v) is 3.50. The van der Waals surface area contributed by atoms with Gasteiger partial charge in [0.05, 0.1) is 0 Å². The van der Waals surface area contributed by atoms with Crippen molar-refractivity contribution < 1.29 is 4.79 Å². The number of nitrogens with two attached hydrogens (primary N) is 1. The molecular weight excluding hydrogens is 250 g/mol. The summed E-state index contributed by atoms with van der Waals surface area (Å²) >= 11 is 0. The number of amides is 1. The van der Waals surface area contributed by atoms with Crippen molar-refractivity contribution in [2.45, 2.75) is 25.4 Å². The summed E-state index contributed by atoms with van der Waals surface area (Å²) in [5.41, 5.74) is 7.46. The molecule has 0 aliphatic carbocycles. The molecule has 0 spiro atoms. The minimum absolute atomic E-state index is 0.177. The Balaban J connectivity index is 1.76. The molecule has 2 unspecified atom stereocenters. The predicted octanol–water partition coefficient (Wildman–Crippen LogP) is 1.31. The Morgan fingerprint density at radius 3 is 2.65 bits per heavy atom. The third-order valence-electron chi connectivity index (χ3n) is 4.76. The van der Waals surface area contributed by atoms with Gasteiger partial charge in [0.1, 0.15) is 0 Å². The smallest absolute Gasteiger partial charge is 0.254 e. The van der Waals surface area contributed by atoms with Gasteiger partial charge in [-0.15, -0.1) is 0 Å². The molecule has 20 heavy (non-hydrogen) atoms. The van der Waals surface area contributed by atoms with Crippen LogP contribution in [0.15, 0.2) is 24.3 Å². The lowest BCUT2D eigenvalue weighted by Gasteiger charge is -2.36. The van der Waals surface area contributed by atoms with Gasteiger partial charge in [-0.1, -0.05) is 12.1 Å². The zero-order valence-electron chi connectivity index (χ0n) is 12.1. The molecule has 2 atom stereocenters. The number of benzene rings is 1. The minimum atomic E-state index is 0.177. The number of likely N-dealkylation sites (tertiary alicyclic amines) is 2. The van der Waals surface area contributed by atoms with Gasteiger partial charge in [0.15, 0.2) is 0 Å². The van der Waals surface area contributed by atoms with Gasteiger partial charge in [-0.25, -0.2) is 0 Å². The van der Waals surface area contributed by atoms with Crippen LogP contribution >= 0.6 is 0 Å². The number of piperidine rings is 1. The third-order valence-corrected chi connectivity index (χ3v) is 4.76. The number of rotatable bonds is 2. The van der Waals surface area contributed by atoms with E-state index in [4.69, 9.17) is 5.73 Å². The maximum Gasteiger partial charge on any atom is 0.254 e. The number of fused-ring (bicyclic) bond motifs is 1. The Kier molecular flexibility index (Phi) is 3.76. The van der Waals surface area contributed by atoms with Crippen LogP contribution in [0.2, 0.25) is 0 Å². The molecular formula is C16H23N3O.